The van der Waals surface area contributed by atoms with Gasteiger partial charge >= 0.3 is 0 Å². The normalized spacial score (nSPS) is 18.4. The summed E-state index contributed by atoms with van der Waals surface area (Å²) in [5.41, 5.74) is 7.17. The monoisotopic (exact) mass is 353 g/mol. The molecule has 2 aliphatic rings. The lowest BCUT2D eigenvalue weighted by molar-refractivity contribution is 0.509. The molecule has 1 aromatic rings. The summed E-state index contributed by atoms with van der Waals surface area (Å²) in [7, 11) is 1.96. The molecule has 2 N–H and O–H groups in total. The molecule has 142 valence electrons. The molecule has 0 bridgehead atoms. The van der Waals surface area contributed by atoms with Gasteiger partial charge in [-0.2, -0.15) is 0 Å². The predicted octanol–water partition coefficient (Wildman–Crippen LogP) is 5.50. The van der Waals surface area contributed by atoms with Crippen molar-refractivity contribution in [2.75, 3.05) is 18.5 Å². The molecule has 3 nitrogen and oxygen atoms in total. The molecule has 1 unspecified atom stereocenters. The van der Waals surface area contributed by atoms with Crippen molar-refractivity contribution in [3.8, 4) is 0 Å². The standard InChI is InChI=1S/C23H35N3/c1-4-7-20(5-2)26-13-6-8-18-14-21(19(11-12-24)16-25-3)22(15-23(18)26)17-9-10-17/h12,14-17,20,24-25H,4-11,13H2,1-3H3/b19-16+,24-12?. The van der Waals surface area contributed by atoms with E-state index in [0.717, 1.165) is 5.92 Å². The Morgan fingerprint density at radius 3 is 2.77 bits per heavy atom. The summed E-state index contributed by atoms with van der Waals surface area (Å²) in [6.07, 6.45) is 13.2. The second-order valence-electron chi connectivity index (χ2n) is 7.86. The molecular weight excluding hydrogens is 318 g/mol. The van der Waals surface area contributed by atoms with E-state index < -0.39 is 0 Å². The van der Waals surface area contributed by atoms with Crippen molar-refractivity contribution in [3.63, 3.8) is 0 Å². The molecule has 1 fully saturated rings. The highest BCUT2D eigenvalue weighted by molar-refractivity contribution is 5.81. The van der Waals surface area contributed by atoms with E-state index in [0.29, 0.717) is 12.5 Å². The smallest absolute Gasteiger partial charge is 0.0404 e. The molecule has 1 aliphatic heterocycles. The van der Waals surface area contributed by atoms with Crippen LogP contribution in [-0.2, 0) is 6.42 Å². The molecule has 1 saturated carbocycles. The number of rotatable bonds is 9. The van der Waals surface area contributed by atoms with E-state index in [1.54, 1.807) is 0 Å². The number of benzene rings is 1. The van der Waals surface area contributed by atoms with Crippen LogP contribution in [0.5, 0.6) is 0 Å². The minimum absolute atomic E-state index is 0.672. The summed E-state index contributed by atoms with van der Waals surface area (Å²) in [6.45, 7) is 5.84. The van der Waals surface area contributed by atoms with Gasteiger partial charge in [-0.25, -0.2) is 0 Å². The van der Waals surface area contributed by atoms with Crippen molar-refractivity contribution < 1.29 is 0 Å². The van der Waals surface area contributed by atoms with Crippen LogP contribution in [0.2, 0.25) is 0 Å². The molecule has 1 atom stereocenters. The average Bonchev–Trinajstić information content (AvgIpc) is 3.49. The first-order valence-electron chi connectivity index (χ1n) is 10.5. The van der Waals surface area contributed by atoms with Crippen LogP contribution in [0.4, 0.5) is 5.69 Å². The van der Waals surface area contributed by atoms with E-state index in [-0.39, 0.29) is 0 Å². The highest BCUT2D eigenvalue weighted by atomic mass is 15.2. The van der Waals surface area contributed by atoms with E-state index in [1.165, 1.54) is 85.7 Å². The van der Waals surface area contributed by atoms with Gasteiger partial charge in [-0.3, -0.25) is 0 Å². The zero-order valence-corrected chi connectivity index (χ0v) is 16.8. The molecular formula is C23H35N3. The van der Waals surface area contributed by atoms with Gasteiger partial charge in [-0.1, -0.05) is 20.3 Å². The van der Waals surface area contributed by atoms with Crippen LogP contribution in [0.3, 0.4) is 0 Å². The maximum Gasteiger partial charge on any atom is 0.0404 e. The Bertz CT molecular complexity index is 658. The highest BCUT2D eigenvalue weighted by Gasteiger charge is 2.31. The third-order valence-electron chi connectivity index (χ3n) is 5.94. The van der Waals surface area contributed by atoms with Crippen molar-refractivity contribution in [3.05, 3.63) is 35.0 Å². The van der Waals surface area contributed by atoms with Gasteiger partial charge in [0, 0.05) is 37.9 Å². The molecule has 1 aromatic carbocycles. The van der Waals surface area contributed by atoms with Gasteiger partial charge < -0.3 is 15.6 Å². The van der Waals surface area contributed by atoms with Gasteiger partial charge in [0.15, 0.2) is 0 Å². The molecule has 0 radical (unpaired) electrons. The highest BCUT2D eigenvalue weighted by Crippen LogP contribution is 2.46. The topological polar surface area (TPSA) is 39.1 Å². The summed E-state index contributed by atoms with van der Waals surface area (Å²) in [6, 6.07) is 5.65. The van der Waals surface area contributed by atoms with Gasteiger partial charge in [-0.05, 0) is 85.1 Å². The van der Waals surface area contributed by atoms with Gasteiger partial charge in [0.25, 0.3) is 0 Å². The van der Waals surface area contributed by atoms with E-state index >= 15 is 0 Å². The fourth-order valence-corrected chi connectivity index (χ4v) is 4.51. The molecule has 0 amide bonds. The lowest BCUT2D eigenvalue weighted by atomic mass is 9.88. The Morgan fingerprint density at radius 1 is 1.35 bits per heavy atom. The second-order valence-corrected chi connectivity index (χ2v) is 7.86. The molecule has 26 heavy (non-hydrogen) atoms. The Kier molecular flexibility index (Phi) is 6.39. The lowest BCUT2D eigenvalue weighted by Gasteiger charge is -2.38. The fourth-order valence-electron chi connectivity index (χ4n) is 4.51. The first kappa shape index (κ1) is 19.0. The minimum Gasteiger partial charge on any atom is -0.394 e. The third kappa shape index (κ3) is 3.97. The second kappa shape index (κ2) is 8.75. The number of aryl methyl sites for hydroxylation is 1. The molecule has 0 aromatic heterocycles. The largest absolute Gasteiger partial charge is 0.394 e. The van der Waals surface area contributed by atoms with E-state index in [9.17, 15) is 0 Å². The maximum absolute atomic E-state index is 7.60. The molecule has 1 heterocycles. The average molecular weight is 354 g/mol. The molecule has 0 saturated heterocycles. The minimum atomic E-state index is 0.672. The Labute approximate surface area is 159 Å². The number of hydrogen-bond acceptors (Lipinski definition) is 3. The quantitative estimate of drug-likeness (QED) is 0.576. The van der Waals surface area contributed by atoms with Crippen LogP contribution in [0.1, 0.15) is 81.4 Å². The summed E-state index contributed by atoms with van der Waals surface area (Å²) < 4.78 is 0. The Balaban J connectivity index is 2.05. The van der Waals surface area contributed by atoms with Crippen molar-refractivity contribution in [1.82, 2.24) is 5.32 Å². The van der Waals surface area contributed by atoms with E-state index in [4.69, 9.17) is 5.41 Å². The zero-order valence-electron chi connectivity index (χ0n) is 16.8. The molecule has 1 aliphatic carbocycles. The maximum atomic E-state index is 7.60. The predicted molar refractivity (Wildman–Crippen MR) is 114 cm³/mol. The van der Waals surface area contributed by atoms with Gasteiger partial charge in [0.05, 0.1) is 0 Å². The van der Waals surface area contributed by atoms with Gasteiger partial charge in [0.1, 0.15) is 0 Å². The van der Waals surface area contributed by atoms with Crippen LogP contribution in [0, 0.1) is 5.41 Å². The van der Waals surface area contributed by atoms with Gasteiger partial charge in [0.2, 0.25) is 0 Å². The number of nitrogens with one attached hydrogen (secondary N) is 2. The number of anilines is 1. The Morgan fingerprint density at radius 2 is 2.15 bits per heavy atom. The summed E-state index contributed by atoms with van der Waals surface area (Å²) >= 11 is 0. The molecule has 0 spiro atoms. The van der Waals surface area contributed by atoms with Crippen LogP contribution in [0.25, 0.3) is 5.57 Å². The number of hydrogen-bond donors (Lipinski definition) is 2. The summed E-state index contributed by atoms with van der Waals surface area (Å²) in [5.74, 6) is 0.719. The molecule has 3 rings (SSSR count). The van der Waals surface area contributed by atoms with Crippen molar-refractivity contribution >= 4 is 17.5 Å². The number of nitrogens with zero attached hydrogens (tertiary/aromatic N) is 1. The SMILES string of the molecule is CCCC(CC)N1CCCc2cc(/C(=C/NC)CC=N)c(C3CC3)cc21. The van der Waals surface area contributed by atoms with Crippen molar-refractivity contribution in [2.24, 2.45) is 0 Å². The third-order valence-corrected chi connectivity index (χ3v) is 5.94. The van der Waals surface area contributed by atoms with Crippen LogP contribution in [-0.4, -0.2) is 25.8 Å². The molecule has 3 heteroatoms. The number of allylic oxidation sites excluding steroid dienone is 1. The van der Waals surface area contributed by atoms with Crippen molar-refractivity contribution in [1.29, 1.82) is 5.41 Å². The fraction of sp³-hybridized carbons (Fsp3) is 0.609. The summed E-state index contributed by atoms with van der Waals surface area (Å²) in [5, 5.41) is 10.8. The van der Waals surface area contributed by atoms with Crippen LogP contribution >= 0.6 is 0 Å². The first-order chi connectivity index (χ1) is 12.7. The Hall–Kier alpha value is -1.77. The summed E-state index contributed by atoms with van der Waals surface area (Å²) in [4.78, 5) is 2.70. The van der Waals surface area contributed by atoms with Crippen molar-refractivity contribution in [2.45, 2.75) is 77.2 Å². The van der Waals surface area contributed by atoms with E-state index in [2.05, 4.69) is 42.4 Å². The lowest BCUT2D eigenvalue weighted by Crippen LogP contribution is -2.39. The van der Waals surface area contributed by atoms with Crippen LogP contribution < -0.4 is 10.2 Å². The zero-order chi connectivity index (χ0) is 18.5. The van der Waals surface area contributed by atoms with Gasteiger partial charge in [-0.15, -0.1) is 0 Å². The van der Waals surface area contributed by atoms with Crippen LogP contribution in [0.15, 0.2) is 18.3 Å². The van der Waals surface area contributed by atoms with E-state index in [1.807, 2.05) is 7.05 Å². The number of fused-ring (bicyclic) bond motifs is 1. The first-order valence-corrected chi connectivity index (χ1v) is 10.5.